The van der Waals surface area contributed by atoms with Crippen molar-refractivity contribution in [1.82, 2.24) is 0 Å². The second kappa shape index (κ2) is 22.6. The van der Waals surface area contributed by atoms with Crippen LogP contribution in [0.2, 0.25) is 20.1 Å². The quantitative estimate of drug-likeness (QED) is 0.137. The molecule has 6 aromatic rings. The SMILES string of the molecule is C.CC(C)(C)c1ccc(Nc2ccc(C(C)(C)C)cc2)cc1.Cc1cc(Cl)c(Cl)c(Br)c1.Cc1cc(Cl)c(Cl)c(N(c2ccc(C(C)(C)C)cc2)c2ccc(C(C)(C)C)cc2)c1.[CH3-]. The molecular weight excluding hydrogens is 922 g/mol. The number of anilines is 5. The fourth-order valence-electron chi connectivity index (χ4n) is 6.47. The van der Waals surface area contributed by atoms with E-state index in [1.807, 2.05) is 32.0 Å². The van der Waals surface area contributed by atoms with E-state index in [2.05, 4.69) is 212 Å². The minimum Gasteiger partial charge on any atom is -0.358 e. The molecule has 0 aromatic heterocycles. The first-order valence-corrected chi connectivity index (χ1v) is 23.0. The number of aryl methyl sites for hydroxylation is 2. The van der Waals surface area contributed by atoms with E-state index < -0.39 is 0 Å². The van der Waals surface area contributed by atoms with Crippen LogP contribution in [0.3, 0.4) is 0 Å². The molecular formula is C56H70BrCl4N2-. The van der Waals surface area contributed by atoms with Gasteiger partial charge in [0.1, 0.15) is 0 Å². The summed E-state index contributed by atoms with van der Waals surface area (Å²) in [5.41, 5.74) is 13.3. The van der Waals surface area contributed by atoms with Crippen molar-refractivity contribution in [2.45, 2.75) is 126 Å². The largest absolute Gasteiger partial charge is 0.358 e. The van der Waals surface area contributed by atoms with E-state index in [1.54, 1.807) is 0 Å². The molecule has 0 bridgehead atoms. The molecule has 6 rings (SSSR count). The molecule has 0 aliphatic heterocycles. The highest BCUT2D eigenvalue weighted by molar-refractivity contribution is 9.10. The minimum absolute atomic E-state index is 0. The molecule has 340 valence electrons. The Hall–Kier alpha value is -3.44. The average molecular weight is 993 g/mol. The van der Waals surface area contributed by atoms with Gasteiger partial charge >= 0.3 is 0 Å². The molecule has 2 nitrogen and oxygen atoms in total. The van der Waals surface area contributed by atoms with Gasteiger partial charge in [0.2, 0.25) is 0 Å². The maximum atomic E-state index is 6.69. The molecule has 0 spiro atoms. The Balaban J connectivity index is 0.000000359. The molecule has 0 aliphatic carbocycles. The van der Waals surface area contributed by atoms with Gasteiger partial charge in [-0.05, 0) is 158 Å². The zero-order valence-electron chi connectivity index (χ0n) is 39.4. The van der Waals surface area contributed by atoms with Gasteiger partial charge in [0.15, 0.2) is 0 Å². The third kappa shape index (κ3) is 15.9. The second-order valence-corrected chi connectivity index (χ2v) is 22.3. The maximum Gasteiger partial charge on any atom is 0.0832 e. The number of halogens is 5. The molecule has 0 saturated heterocycles. The second-order valence-electron chi connectivity index (χ2n) is 19.8. The zero-order valence-corrected chi connectivity index (χ0v) is 44.0. The number of nitrogens with zero attached hydrogens (tertiary/aromatic N) is 1. The van der Waals surface area contributed by atoms with Crippen LogP contribution in [-0.4, -0.2) is 0 Å². The first kappa shape index (κ1) is 55.7. The monoisotopic (exact) mass is 989 g/mol. The van der Waals surface area contributed by atoms with Crippen molar-refractivity contribution in [3.8, 4) is 0 Å². The summed E-state index contributed by atoms with van der Waals surface area (Å²) in [6, 6.07) is 42.5. The third-order valence-electron chi connectivity index (χ3n) is 10.3. The number of benzene rings is 6. The van der Waals surface area contributed by atoms with Gasteiger partial charge in [0, 0.05) is 27.2 Å². The summed E-state index contributed by atoms with van der Waals surface area (Å²) in [6.07, 6.45) is 0. The number of hydrogen-bond acceptors (Lipinski definition) is 2. The summed E-state index contributed by atoms with van der Waals surface area (Å²) >= 11 is 28.0. The average Bonchev–Trinajstić information content (AvgIpc) is 3.16. The highest BCUT2D eigenvalue weighted by Gasteiger charge is 2.21. The summed E-state index contributed by atoms with van der Waals surface area (Å²) < 4.78 is 0.846. The number of nitrogens with one attached hydrogen (secondary N) is 1. The van der Waals surface area contributed by atoms with Crippen LogP contribution in [0.4, 0.5) is 28.4 Å². The third-order valence-corrected chi connectivity index (χ3v) is 12.7. The minimum atomic E-state index is 0. The summed E-state index contributed by atoms with van der Waals surface area (Å²) in [4.78, 5) is 2.18. The van der Waals surface area contributed by atoms with Gasteiger partial charge in [0.05, 0.1) is 25.8 Å². The molecule has 6 aromatic carbocycles. The topological polar surface area (TPSA) is 15.3 Å². The first-order chi connectivity index (χ1) is 28.1. The Morgan fingerprint density at radius 2 is 0.714 bits per heavy atom. The Labute approximate surface area is 410 Å². The molecule has 0 heterocycles. The smallest absolute Gasteiger partial charge is 0.0832 e. The van der Waals surface area contributed by atoms with E-state index in [1.165, 1.54) is 22.3 Å². The summed E-state index contributed by atoms with van der Waals surface area (Å²) in [5, 5.41) is 5.75. The van der Waals surface area contributed by atoms with Crippen LogP contribution in [-0.2, 0) is 21.7 Å². The van der Waals surface area contributed by atoms with Crippen LogP contribution in [0.5, 0.6) is 0 Å². The van der Waals surface area contributed by atoms with Gasteiger partial charge in [-0.2, -0.15) is 0 Å². The van der Waals surface area contributed by atoms with Gasteiger partial charge in [0.25, 0.3) is 0 Å². The molecule has 0 unspecified atom stereocenters. The van der Waals surface area contributed by atoms with Crippen molar-refractivity contribution in [2.75, 3.05) is 10.2 Å². The van der Waals surface area contributed by atoms with E-state index in [-0.39, 0.29) is 36.5 Å². The Morgan fingerprint density at radius 1 is 0.429 bits per heavy atom. The molecule has 0 amide bonds. The Kier molecular flexibility index (Phi) is 20.0. The lowest BCUT2D eigenvalue weighted by Gasteiger charge is -2.29. The van der Waals surface area contributed by atoms with Crippen LogP contribution < -0.4 is 10.2 Å². The van der Waals surface area contributed by atoms with Crippen LogP contribution in [0.25, 0.3) is 0 Å². The van der Waals surface area contributed by atoms with E-state index in [9.17, 15) is 0 Å². The van der Waals surface area contributed by atoms with Crippen LogP contribution >= 0.6 is 62.3 Å². The Morgan fingerprint density at radius 3 is 1.02 bits per heavy atom. The molecule has 63 heavy (non-hydrogen) atoms. The standard InChI is InChI=1S/C27H31Cl2N.C20H27N.C7H5BrCl2.CH4.CH3/c1-18-16-23(28)25(29)24(17-18)30(21-12-8-19(9-13-21)26(2,3)4)22-14-10-20(11-15-22)27(5,6)7;1-19(2,3)15-7-11-17(12-8-15)21-18-13-9-16(10-14-18)20(4,5)6;1-4-2-5(8)7(10)6(9)3-4;;/h8-17H,1-7H3;7-14,21H,1-6H3;2-3H,1H3;1H4;1H3/q;;;;-1. The van der Waals surface area contributed by atoms with Gasteiger partial charge < -0.3 is 17.6 Å². The molecule has 0 aliphatic rings. The normalized spacial score (nSPS) is 11.5. The van der Waals surface area contributed by atoms with E-state index in [0.717, 1.165) is 44.0 Å². The maximum absolute atomic E-state index is 6.69. The number of rotatable bonds is 5. The lowest BCUT2D eigenvalue weighted by molar-refractivity contribution is 0.590. The van der Waals surface area contributed by atoms with Crippen LogP contribution in [0.1, 0.15) is 124 Å². The summed E-state index contributed by atoms with van der Waals surface area (Å²) in [7, 11) is 0. The van der Waals surface area contributed by atoms with Crippen molar-refractivity contribution in [3.63, 3.8) is 0 Å². The van der Waals surface area contributed by atoms with Crippen molar-refractivity contribution in [1.29, 1.82) is 0 Å². The van der Waals surface area contributed by atoms with Gasteiger partial charge in [-0.1, -0.05) is 185 Å². The Bertz CT molecular complexity index is 2220. The first-order valence-electron chi connectivity index (χ1n) is 20.7. The van der Waals surface area contributed by atoms with Crippen molar-refractivity contribution < 1.29 is 0 Å². The van der Waals surface area contributed by atoms with E-state index >= 15 is 0 Å². The van der Waals surface area contributed by atoms with Crippen molar-refractivity contribution in [3.05, 3.63) is 187 Å². The van der Waals surface area contributed by atoms with E-state index in [4.69, 9.17) is 46.4 Å². The molecule has 0 radical (unpaired) electrons. The summed E-state index contributed by atoms with van der Waals surface area (Å²) in [5.74, 6) is 0. The highest BCUT2D eigenvalue weighted by atomic mass is 79.9. The van der Waals surface area contributed by atoms with Crippen molar-refractivity contribution in [2.24, 2.45) is 0 Å². The van der Waals surface area contributed by atoms with Gasteiger partial charge in [-0.3, -0.25) is 0 Å². The summed E-state index contributed by atoms with van der Waals surface area (Å²) in [6.45, 7) is 30.8. The predicted octanol–water partition coefficient (Wildman–Crippen LogP) is 20.5. The molecule has 1 N–H and O–H groups in total. The molecule has 0 saturated carbocycles. The van der Waals surface area contributed by atoms with Gasteiger partial charge in [-0.15, -0.1) is 0 Å². The lowest BCUT2D eigenvalue weighted by Crippen LogP contribution is -2.14. The zero-order chi connectivity index (χ0) is 45.7. The van der Waals surface area contributed by atoms with Crippen LogP contribution in [0, 0.1) is 21.3 Å². The fourth-order valence-corrected chi connectivity index (χ4v) is 8.01. The predicted molar refractivity (Wildman–Crippen MR) is 289 cm³/mol. The molecule has 0 fully saturated rings. The lowest BCUT2D eigenvalue weighted by atomic mass is 9.86. The van der Waals surface area contributed by atoms with E-state index in [0.29, 0.717) is 20.1 Å². The fraction of sp³-hybridized carbons (Fsp3) is 0.339. The van der Waals surface area contributed by atoms with Crippen molar-refractivity contribution >= 4 is 90.8 Å². The van der Waals surface area contributed by atoms with Gasteiger partial charge in [-0.25, -0.2) is 0 Å². The molecule has 0 atom stereocenters. The van der Waals surface area contributed by atoms with Crippen LogP contribution in [0.15, 0.2) is 126 Å². The number of hydrogen-bond donors (Lipinski definition) is 1. The molecule has 7 heteroatoms. The highest BCUT2D eigenvalue weighted by Crippen LogP contribution is 2.43.